The van der Waals surface area contributed by atoms with Gasteiger partial charge in [0.2, 0.25) is 0 Å². The lowest BCUT2D eigenvalue weighted by Gasteiger charge is -2.16. The summed E-state index contributed by atoms with van der Waals surface area (Å²) in [4.78, 5) is 16.0. The summed E-state index contributed by atoms with van der Waals surface area (Å²) in [5.41, 5.74) is 4.16. The molecule has 0 saturated heterocycles. The minimum absolute atomic E-state index is 0.0241. The Hall–Kier alpha value is -4.83. The Morgan fingerprint density at radius 1 is 1.16 bits per heavy atom. The standard InChI is InChI=1S/C31H28FN3O3/c1-3-7-23-14-22(17-29(37-2)30(23)38-20-21-8-6-9-26(32)16-21)15-25(18-33)31(36)34-13-12-24-19-35-28-11-5-4-10-27(24)28/h3-6,8-11,14-17,19,35H,1,7,12-13,20H2,2H3,(H,34,36)/b25-15-. The van der Waals surface area contributed by atoms with Crippen molar-refractivity contribution in [3.63, 3.8) is 0 Å². The largest absolute Gasteiger partial charge is 0.493 e. The SMILES string of the molecule is C=CCc1cc(/C=C(/C#N)C(=O)NCCc2c[nH]c3ccccc23)cc(OC)c1OCc1cccc(F)c1. The van der Waals surface area contributed by atoms with Gasteiger partial charge in [-0.3, -0.25) is 4.79 Å². The van der Waals surface area contributed by atoms with E-state index in [0.717, 1.165) is 22.0 Å². The van der Waals surface area contributed by atoms with Crippen molar-refractivity contribution < 1.29 is 18.7 Å². The van der Waals surface area contributed by atoms with E-state index in [0.29, 0.717) is 42.0 Å². The zero-order valence-electron chi connectivity index (χ0n) is 21.1. The van der Waals surface area contributed by atoms with Crippen LogP contribution in [0.25, 0.3) is 17.0 Å². The Labute approximate surface area is 221 Å². The zero-order chi connectivity index (χ0) is 26.9. The van der Waals surface area contributed by atoms with Crippen LogP contribution in [0.2, 0.25) is 0 Å². The van der Waals surface area contributed by atoms with Gasteiger partial charge in [0.15, 0.2) is 11.5 Å². The number of aromatic amines is 1. The highest BCUT2D eigenvalue weighted by Crippen LogP contribution is 2.35. The molecule has 1 amide bonds. The van der Waals surface area contributed by atoms with Crippen LogP contribution >= 0.6 is 0 Å². The number of rotatable bonds is 11. The minimum atomic E-state index is -0.456. The van der Waals surface area contributed by atoms with Gasteiger partial charge < -0.3 is 19.8 Å². The van der Waals surface area contributed by atoms with Gasteiger partial charge in [-0.25, -0.2) is 4.39 Å². The molecule has 2 N–H and O–H groups in total. The molecular weight excluding hydrogens is 481 g/mol. The average Bonchev–Trinajstić information content (AvgIpc) is 3.34. The van der Waals surface area contributed by atoms with Crippen molar-refractivity contribution >= 4 is 22.9 Å². The lowest BCUT2D eigenvalue weighted by atomic mass is 10.0. The highest BCUT2D eigenvalue weighted by atomic mass is 19.1. The number of carbonyl (C=O) groups is 1. The van der Waals surface area contributed by atoms with E-state index in [1.54, 1.807) is 24.3 Å². The van der Waals surface area contributed by atoms with Crippen molar-refractivity contribution in [2.45, 2.75) is 19.4 Å². The predicted molar refractivity (Wildman–Crippen MR) is 146 cm³/mol. The topological polar surface area (TPSA) is 87.1 Å². The van der Waals surface area contributed by atoms with Crippen molar-refractivity contribution in [3.05, 3.63) is 113 Å². The molecule has 7 heteroatoms. The summed E-state index contributed by atoms with van der Waals surface area (Å²) < 4.78 is 25.1. The van der Waals surface area contributed by atoms with E-state index in [-0.39, 0.29) is 18.0 Å². The molecule has 1 aromatic heterocycles. The second-order valence-electron chi connectivity index (χ2n) is 8.66. The molecule has 0 aliphatic carbocycles. The van der Waals surface area contributed by atoms with Crippen LogP contribution in [0.5, 0.6) is 11.5 Å². The fourth-order valence-electron chi connectivity index (χ4n) is 4.23. The zero-order valence-corrected chi connectivity index (χ0v) is 21.1. The Kier molecular flexibility index (Phi) is 8.57. The van der Waals surface area contributed by atoms with Gasteiger partial charge in [-0.1, -0.05) is 36.4 Å². The van der Waals surface area contributed by atoms with Crippen LogP contribution in [0.15, 0.2) is 85.1 Å². The summed E-state index contributed by atoms with van der Waals surface area (Å²) in [5.74, 6) is 0.135. The van der Waals surface area contributed by atoms with Crippen LogP contribution in [0, 0.1) is 17.1 Å². The molecule has 4 rings (SSSR count). The first kappa shape index (κ1) is 26.2. The third-order valence-electron chi connectivity index (χ3n) is 6.04. The maximum Gasteiger partial charge on any atom is 0.261 e. The smallest absolute Gasteiger partial charge is 0.261 e. The summed E-state index contributed by atoms with van der Waals surface area (Å²) in [6.45, 7) is 4.35. The molecule has 6 nitrogen and oxygen atoms in total. The molecule has 0 bridgehead atoms. The van der Waals surface area contributed by atoms with E-state index in [1.165, 1.54) is 25.3 Å². The van der Waals surface area contributed by atoms with Gasteiger partial charge >= 0.3 is 0 Å². The van der Waals surface area contributed by atoms with Crippen molar-refractivity contribution in [1.29, 1.82) is 5.26 Å². The first-order valence-electron chi connectivity index (χ1n) is 12.2. The molecule has 1 heterocycles. The summed E-state index contributed by atoms with van der Waals surface area (Å²) in [7, 11) is 1.51. The lowest BCUT2D eigenvalue weighted by molar-refractivity contribution is -0.117. The number of fused-ring (bicyclic) bond motifs is 1. The Morgan fingerprint density at radius 3 is 2.76 bits per heavy atom. The van der Waals surface area contributed by atoms with E-state index in [1.807, 2.05) is 42.6 Å². The number of allylic oxidation sites excluding steroid dienone is 1. The summed E-state index contributed by atoms with van der Waals surface area (Å²) >= 11 is 0. The number of carbonyl (C=O) groups excluding carboxylic acids is 1. The second kappa shape index (κ2) is 12.4. The molecule has 0 spiro atoms. The predicted octanol–water partition coefficient (Wildman–Crippen LogP) is 5.89. The maximum absolute atomic E-state index is 13.6. The number of hydrogen-bond donors (Lipinski definition) is 2. The number of hydrogen-bond acceptors (Lipinski definition) is 4. The third kappa shape index (κ3) is 6.29. The van der Waals surface area contributed by atoms with Crippen LogP contribution < -0.4 is 14.8 Å². The van der Waals surface area contributed by atoms with Gasteiger partial charge in [0, 0.05) is 29.2 Å². The first-order chi connectivity index (χ1) is 18.5. The molecule has 38 heavy (non-hydrogen) atoms. The van der Waals surface area contributed by atoms with Gasteiger partial charge in [0.05, 0.1) is 7.11 Å². The maximum atomic E-state index is 13.6. The fourth-order valence-corrected chi connectivity index (χ4v) is 4.23. The molecule has 0 saturated carbocycles. The van der Waals surface area contributed by atoms with Crippen LogP contribution in [0.4, 0.5) is 4.39 Å². The third-order valence-corrected chi connectivity index (χ3v) is 6.04. The second-order valence-corrected chi connectivity index (χ2v) is 8.66. The first-order valence-corrected chi connectivity index (χ1v) is 12.2. The van der Waals surface area contributed by atoms with Gasteiger partial charge in [0.25, 0.3) is 5.91 Å². The fraction of sp³-hybridized carbons (Fsp3) is 0.161. The molecule has 0 radical (unpaired) electrons. The molecular formula is C31H28FN3O3. The lowest BCUT2D eigenvalue weighted by Crippen LogP contribution is -2.26. The van der Waals surface area contributed by atoms with E-state index >= 15 is 0 Å². The van der Waals surface area contributed by atoms with Crippen molar-refractivity contribution in [3.8, 4) is 17.6 Å². The molecule has 0 atom stereocenters. The summed E-state index contributed by atoms with van der Waals surface area (Å²) in [5, 5.41) is 13.6. The average molecular weight is 510 g/mol. The molecule has 4 aromatic rings. The molecule has 3 aromatic carbocycles. The minimum Gasteiger partial charge on any atom is -0.493 e. The number of para-hydroxylation sites is 1. The van der Waals surface area contributed by atoms with Crippen LogP contribution in [-0.4, -0.2) is 24.5 Å². The highest BCUT2D eigenvalue weighted by molar-refractivity contribution is 6.01. The van der Waals surface area contributed by atoms with Crippen molar-refractivity contribution in [1.82, 2.24) is 10.3 Å². The Morgan fingerprint density at radius 2 is 2.00 bits per heavy atom. The van der Waals surface area contributed by atoms with Crippen LogP contribution in [0.1, 0.15) is 22.3 Å². The van der Waals surface area contributed by atoms with E-state index in [9.17, 15) is 14.4 Å². The van der Waals surface area contributed by atoms with E-state index in [2.05, 4.69) is 16.9 Å². The molecule has 192 valence electrons. The monoisotopic (exact) mass is 509 g/mol. The number of aromatic nitrogens is 1. The summed E-state index contributed by atoms with van der Waals surface area (Å²) in [6, 6.07) is 19.7. The number of nitrogens with one attached hydrogen (secondary N) is 2. The van der Waals surface area contributed by atoms with Crippen molar-refractivity contribution in [2.24, 2.45) is 0 Å². The number of benzene rings is 3. The highest BCUT2D eigenvalue weighted by Gasteiger charge is 2.15. The van der Waals surface area contributed by atoms with Crippen molar-refractivity contribution in [2.75, 3.05) is 13.7 Å². The van der Waals surface area contributed by atoms with Crippen LogP contribution in [-0.2, 0) is 24.2 Å². The molecule has 0 aliphatic heterocycles. The van der Waals surface area contributed by atoms with Gasteiger partial charge in [-0.05, 0) is 65.9 Å². The molecule has 0 fully saturated rings. The van der Waals surface area contributed by atoms with Crippen LogP contribution in [0.3, 0.4) is 0 Å². The number of methoxy groups -OCH3 is 1. The summed E-state index contributed by atoms with van der Waals surface area (Å²) in [6.07, 6.45) is 6.27. The number of H-pyrrole nitrogens is 1. The van der Waals surface area contributed by atoms with Gasteiger partial charge in [-0.2, -0.15) is 5.26 Å². The van der Waals surface area contributed by atoms with Gasteiger partial charge in [0.1, 0.15) is 24.1 Å². The normalized spacial score (nSPS) is 11.1. The quantitative estimate of drug-likeness (QED) is 0.150. The number of nitriles is 1. The molecule has 0 unspecified atom stereocenters. The number of nitrogens with zero attached hydrogens (tertiary/aromatic N) is 1. The molecule has 0 aliphatic rings. The number of amides is 1. The number of ether oxygens (including phenoxy) is 2. The van der Waals surface area contributed by atoms with E-state index < -0.39 is 5.91 Å². The van der Waals surface area contributed by atoms with E-state index in [4.69, 9.17) is 9.47 Å². The Bertz CT molecular complexity index is 1530. The number of halogens is 1. The van der Waals surface area contributed by atoms with Gasteiger partial charge in [-0.15, -0.1) is 6.58 Å². The Balaban J connectivity index is 1.49.